The number of hydrogen-bond acceptors (Lipinski definition) is 5. The molecule has 0 aromatic heterocycles. The number of esters is 1. The molecule has 2 aliphatic heterocycles. The van der Waals surface area contributed by atoms with Crippen molar-refractivity contribution in [1.29, 1.82) is 0 Å². The summed E-state index contributed by atoms with van der Waals surface area (Å²) in [6.07, 6.45) is 2.07. The molecule has 6 heteroatoms. The van der Waals surface area contributed by atoms with Crippen LogP contribution in [0.15, 0.2) is 18.2 Å². The third-order valence-electron chi connectivity index (χ3n) is 5.54. The number of nitrogens with zero attached hydrogens (tertiary/aromatic N) is 2. The summed E-state index contributed by atoms with van der Waals surface area (Å²) in [5.41, 5.74) is 1.20. The smallest absolute Gasteiger partial charge is 0.312 e. The van der Waals surface area contributed by atoms with Gasteiger partial charge in [-0.2, -0.15) is 0 Å². The molecule has 1 aromatic carbocycles. The van der Waals surface area contributed by atoms with E-state index in [4.69, 9.17) is 9.47 Å². The molecule has 1 amide bonds. The van der Waals surface area contributed by atoms with Crippen LogP contribution < -0.4 is 4.74 Å². The second kappa shape index (κ2) is 7.27. The second-order valence-corrected chi connectivity index (χ2v) is 7.75. The SMILES string of the molecule is COc1ccc(C(=O)N2CCC3(CC2)CC(CN(C)C)OC3=O)cc1C. The van der Waals surface area contributed by atoms with Gasteiger partial charge in [0.2, 0.25) is 0 Å². The number of amides is 1. The van der Waals surface area contributed by atoms with Gasteiger partial charge in [-0.25, -0.2) is 0 Å². The van der Waals surface area contributed by atoms with Gasteiger partial charge in [0.05, 0.1) is 12.5 Å². The molecule has 1 spiro atoms. The number of benzene rings is 1. The Balaban J connectivity index is 1.64. The van der Waals surface area contributed by atoms with Crippen LogP contribution in [0.1, 0.15) is 35.2 Å². The highest BCUT2D eigenvalue weighted by Crippen LogP contribution is 2.43. The number of carbonyl (C=O) groups excluding carboxylic acids is 2. The molecule has 26 heavy (non-hydrogen) atoms. The zero-order valence-electron chi connectivity index (χ0n) is 16.1. The molecule has 2 saturated heterocycles. The Morgan fingerprint density at radius 3 is 2.62 bits per heavy atom. The molecule has 2 heterocycles. The molecule has 0 saturated carbocycles. The number of likely N-dealkylation sites (N-methyl/N-ethyl adjacent to an activating group) is 1. The lowest BCUT2D eigenvalue weighted by atomic mass is 9.76. The fraction of sp³-hybridized carbons (Fsp3) is 0.600. The van der Waals surface area contributed by atoms with E-state index in [1.807, 2.05) is 43.0 Å². The number of aryl methyl sites for hydroxylation is 1. The van der Waals surface area contributed by atoms with Crippen molar-refractivity contribution in [2.24, 2.45) is 5.41 Å². The number of piperidine rings is 1. The maximum atomic E-state index is 12.8. The fourth-order valence-corrected chi connectivity index (χ4v) is 4.09. The van der Waals surface area contributed by atoms with Gasteiger partial charge in [-0.1, -0.05) is 0 Å². The molecule has 0 aliphatic carbocycles. The van der Waals surface area contributed by atoms with E-state index in [0.717, 1.165) is 24.3 Å². The highest BCUT2D eigenvalue weighted by Gasteiger charge is 2.50. The predicted molar refractivity (Wildman–Crippen MR) is 98.4 cm³/mol. The maximum absolute atomic E-state index is 12.8. The topological polar surface area (TPSA) is 59.1 Å². The summed E-state index contributed by atoms with van der Waals surface area (Å²) in [7, 11) is 5.59. The first kappa shape index (κ1) is 18.7. The van der Waals surface area contributed by atoms with Gasteiger partial charge >= 0.3 is 5.97 Å². The summed E-state index contributed by atoms with van der Waals surface area (Å²) < 4.78 is 10.8. The minimum atomic E-state index is -0.409. The van der Waals surface area contributed by atoms with E-state index < -0.39 is 5.41 Å². The van der Waals surface area contributed by atoms with Gasteiger partial charge in [-0.3, -0.25) is 9.59 Å². The summed E-state index contributed by atoms with van der Waals surface area (Å²) in [5.74, 6) is 0.707. The monoisotopic (exact) mass is 360 g/mol. The lowest BCUT2D eigenvalue weighted by Gasteiger charge is -2.36. The molecule has 1 aromatic rings. The van der Waals surface area contributed by atoms with Crippen molar-refractivity contribution in [2.75, 3.05) is 40.8 Å². The molecule has 1 unspecified atom stereocenters. The van der Waals surface area contributed by atoms with Crippen LogP contribution in [-0.2, 0) is 9.53 Å². The largest absolute Gasteiger partial charge is 0.496 e. The standard InChI is InChI=1S/C20H28N2O4/c1-14-11-15(5-6-17(14)25-4)18(23)22-9-7-20(8-10-22)12-16(13-21(2)3)26-19(20)24/h5-6,11,16H,7-10,12-13H2,1-4H3. The van der Waals surface area contributed by atoms with Crippen LogP contribution in [0.4, 0.5) is 0 Å². The summed E-state index contributed by atoms with van der Waals surface area (Å²) in [5, 5.41) is 0. The molecule has 2 fully saturated rings. The normalized spacial score (nSPS) is 22.0. The van der Waals surface area contributed by atoms with Crippen LogP contribution in [-0.4, -0.2) is 68.6 Å². The molecule has 0 radical (unpaired) electrons. The van der Waals surface area contributed by atoms with Crippen LogP contribution in [0.2, 0.25) is 0 Å². The lowest BCUT2D eigenvalue weighted by Crippen LogP contribution is -2.45. The average Bonchev–Trinajstić information content (AvgIpc) is 2.89. The van der Waals surface area contributed by atoms with Crippen molar-refractivity contribution in [3.63, 3.8) is 0 Å². The summed E-state index contributed by atoms with van der Waals surface area (Å²) in [4.78, 5) is 29.1. The second-order valence-electron chi connectivity index (χ2n) is 7.75. The zero-order valence-corrected chi connectivity index (χ0v) is 16.1. The van der Waals surface area contributed by atoms with Crippen LogP contribution in [0.5, 0.6) is 5.75 Å². The first-order valence-corrected chi connectivity index (χ1v) is 9.14. The fourth-order valence-electron chi connectivity index (χ4n) is 4.09. The maximum Gasteiger partial charge on any atom is 0.312 e. The summed E-state index contributed by atoms with van der Waals surface area (Å²) >= 11 is 0. The molecule has 0 N–H and O–H groups in total. The number of carbonyl (C=O) groups is 2. The van der Waals surface area contributed by atoms with E-state index in [0.29, 0.717) is 31.5 Å². The van der Waals surface area contributed by atoms with Crippen molar-refractivity contribution in [3.05, 3.63) is 29.3 Å². The number of ether oxygens (including phenoxy) is 2. The molecule has 142 valence electrons. The van der Waals surface area contributed by atoms with Gasteiger partial charge in [-0.15, -0.1) is 0 Å². The highest BCUT2D eigenvalue weighted by atomic mass is 16.6. The lowest BCUT2D eigenvalue weighted by molar-refractivity contribution is -0.150. The van der Waals surface area contributed by atoms with E-state index in [1.165, 1.54) is 0 Å². The van der Waals surface area contributed by atoms with Crippen molar-refractivity contribution < 1.29 is 19.1 Å². The van der Waals surface area contributed by atoms with Crippen LogP contribution in [0, 0.1) is 12.3 Å². The molecular weight excluding hydrogens is 332 g/mol. The number of cyclic esters (lactones) is 1. The summed E-state index contributed by atoms with van der Waals surface area (Å²) in [6, 6.07) is 5.49. The third kappa shape index (κ3) is 3.56. The van der Waals surface area contributed by atoms with E-state index in [-0.39, 0.29) is 18.0 Å². The van der Waals surface area contributed by atoms with E-state index >= 15 is 0 Å². The Morgan fingerprint density at radius 2 is 2.04 bits per heavy atom. The first-order valence-electron chi connectivity index (χ1n) is 9.14. The van der Waals surface area contributed by atoms with Crippen LogP contribution in [0.25, 0.3) is 0 Å². The third-order valence-corrected chi connectivity index (χ3v) is 5.54. The van der Waals surface area contributed by atoms with Crippen LogP contribution >= 0.6 is 0 Å². The molecular formula is C20H28N2O4. The highest BCUT2D eigenvalue weighted by molar-refractivity contribution is 5.95. The van der Waals surface area contributed by atoms with Gasteiger partial charge in [0.25, 0.3) is 5.91 Å². The van der Waals surface area contributed by atoms with Gasteiger partial charge in [0.1, 0.15) is 11.9 Å². The minimum absolute atomic E-state index is 0.0156. The first-order chi connectivity index (χ1) is 12.3. The number of rotatable bonds is 4. The summed E-state index contributed by atoms with van der Waals surface area (Å²) in [6.45, 7) is 3.86. The Hall–Kier alpha value is -2.08. The Bertz CT molecular complexity index is 693. The van der Waals surface area contributed by atoms with Crippen molar-refractivity contribution in [3.8, 4) is 5.75 Å². The molecule has 1 atom stereocenters. The number of methoxy groups -OCH3 is 1. The van der Waals surface area contributed by atoms with Crippen molar-refractivity contribution >= 4 is 11.9 Å². The quantitative estimate of drug-likeness (QED) is 0.770. The van der Waals surface area contributed by atoms with Crippen molar-refractivity contribution in [1.82, 2.24) is 9.80 Å². The average molecular weight is 360 g/mol. The predicted octanol–water partition coefficient (Wildman–Crippen LogP) is 2.10. The molecule has 6 nitrogen and oxygen atoms in total. The molecule has 3 rings (SSSR count). The Morgan fingerprint density at radius 1 is 1.35 bits per heavy atom. The number of likely N-dealkylation sites (tertiary alicyclic amines) is 1. The Kier molecular flexibility index (Phi) is 5.23. The zero-order chi connectivity index (χ0) is 18.9. The van der Waals surface area contributed by atoms with Gasteiger partial charge in [0, 0.05) is 31.6 Å². The molecule has 2 aliphatic rings. The van der Waals surface area contributed by atoms with Crippen LogP contribution in [0.3, 0.4) is 0 Å². The number of hydrogen-bond donors (Lipinski definition) is 0. The van der Waals surface area contributed by atoms with Gasteiger partial charge < -0.3 is 19.3 Å². The van der Waals surface area contributed by atoms with E-state index in [2.05, 4.69) is 0 Å². The Labute approximate surface area is 155 Å². The van der Waals surface area contributed by atoms with Crippen molar-refractivity contribution in [2.45, 2.75) is 32.3 Å². The molecule has 0 bridgehead atoms. The van der Waals surface area contributed by atoms with Gasteiger partial charge in [-0.05, 0) is 57.6 Å². The van der Waals surface area contributed by atoms with Gasteiger partial charge in [0.15, 0.2) is 0 Å². The van der Waals surface area contributed by atoms with E-state index in [1.54, 1.807) is 13.2 Å². The minimum Gasteiger partial charge on any atom is -0.496 e. The van der Waals surface area contributed by atoms with E-state index in [9.17, 15) is 9.59 Å².